The van der Waals surface area contributed by atoms with Gasteiger partial charge in [0.25, 0.3) is 5.82 Å². The average Bonchev–Trinajstić information content (AvgIpc) is 2.87. The highest BCUT2D eigenvalue weighted by atomic mass is 16.5. The van der Waals surface area contributed by atoms with Gasteiger partial charge >= 0.3 is 0 Å². The van der Waals surface area contributed by atoms with Gasteiger partial charge in [0.15, 0.2) is 6.20 Å². The van der Waals surface area contributed by atoms with Crippen LogP contribution in [-0.2, 0) is 7.05 Å². The minimum Gasteiger partial charge on any atom is -0.496 e. The van der Waals surface area contributed by atoms with Crippen molar-refractivity contribution in [3.63, 3.8) is 0 Å². The van der Waals surface area contributed by atoms with Crippen molar-refractivity contribution in [1.29, 1.82) is 0 Å². The van der Waals surface area contributed by atoms with E-state index < -0.39 is 0 Å². The molecule has 0 aliphatic carbocycles. The molecule has 0 radical (unpaired) electrons. The lowest BCUT2D eigenvalue weighted by molar-refractivity contribution is -0.677. The predicted molar refractivity (Wildman–Crippen MR) is 83.3 cm³/mol. The monoisotopic (exact) mass is 286 g/mol. The van der Waals surface area contributed by atoms with Gasteiger partial charge in [0, 0.05) is 12.8 Å². The first-order chi connectivity index (χ1) is 10.2. The Morgan fingerprint density at radius 2 is 2.10 bits per heavy atom. The van der Waals surface area contributed by atoms with Gasteiger partial charge in [0.05, 0.1) is 27.2 Å². The number of ether oxygens (including phenoxy) is 1. The number of imidazole rings is 1. The summed E-state index contributed by atoms with van der Waals surface area (Å²) >= 11 is 0. The van der Waals surface area contributed by atoms with Gasteiger partial charge in [-0.1, -0.05) is 18.2 Å². The van der Waals surface area contributed by atoms with Crippen molar-refractivity contribution in [3.8, 4) is 5.75 Å². The average molecular weight is 286 g/mol. The summed E-state index contributed by atoms with van der Waals surface area (Å²) in [5, 5.41) is 2.44. The SMILES string of the molecule is COc1ccccc1[C@@H]1CCCN(n2cc[n+](C)c2C)C1. The van der Waals surface area contributed by atoms with E-state index in [1.54, 1.807) is 7.11 Å². The van der Waals surface area contributed by atoms with E-state index in [0.717, 1.165) is 18.8 Å². The summed E-state index contributed by atoms with van der Waals surface area (Å²) < 4.78 is 9.98. The molecule has 0 amide bonds. The van der Waals surface area contributed by atoms with E-state index in [1.807, 2.05) is 6.07 Å². The molecule has 21 heavy (non-hydrogen) atoms. The van der Waals surface area contributed by atoms with Crippen molar-refractivity contribution in [1.82, 2.24) is 4.68 Å². The first-order valence-electron chi connectivity index (χ1n) is 7.62. The maximum atomic E-state index is 5.54. The van der Waals surface area contributed by atoms with Crippen molar-refractivity contribution in [2.75, 3.05) is 25.2 Å². The van der Waals surface area contributed by atoms with Crippen LogP contribution in [0.4, 0.5) is 0 Å². The minimum absolute atomic E-state index is 0.530. The Labute approximate surface area is 126 Å². The smallest absolute Gasteiger partial charge is 0.276 e. The first kappa shape index (κ1) is 14.0. The van der Waals surface area contributed by atoms with Crippen molar-refractivity contribution in [2.45, 2.75) is 25.7 Å². The van der Waals surface area contributed by atoms with E-state index in [4.69, 9.17) is 4.74 Å². The van der Waals surface area contributed by atoms with Crippen LogP contribution in [0.1, 0.15) is 30.1 Å². The lowest BCUT2D eigenvalue weighted by Gasteiger charge is -2.32. The molecule has 1 aromatic carbocycles. The number of hydrogen-bond acceptors (Lipinski definition) is 2. The Morgan fingerprint density at radius 3 is 2.81 bits per heavy atom. The van der Waals surface area contributed by atoms with Gasteiger partial charge in [0.1, 0.15) is 11.9 Å². The Balaban J connectivity index is 1.84. The molecule has 2 heterocycles. The van der Waals surface area contributed by atoms with E-state index in [9.17, 15) is 0 Å². The number of aromatic nitrogens is 2. The first-order valence-corrected chi connectivity index (χ1v) is 7.62. The third kappa shape index (κ3) is 2.62. The van der Waals surface area contributed by atoms with Gasteiger partial charge in [-0.2, -0.15) is 0 Å². The third-order valence-electron chi connectivity index (χ3n) is 4.56. The maximum absolute atomic E-state index is 5.54. The molecular weight excluding hydrogens is 262 g/mol. The standard InChI is InChI=1S/C17H24N3O/c1-14-18(2)11-12-20(14)19-10-6-7-15(13-19)16-8-4-5-9-17(16)21-3/h4-5,8-9,11-12,15H,6-7,10,13H2,1-3H3/q+1/t15-/m1/s1. The number of piperidine rings is 1. The molecule has 1 atom stereocenters. The summed E-state index contributed by atoms with van der Waals surface area (Å²) in [6, 6.07) is 8.42. The summed E-state index contributed by atoms with van der Waals surface area (Å²) in [7, 11) is 3.85. The fourth-order valence-corrected chi connectivity index (χ4v) is 3.25. The van der Waals surface area contributed by atoms with Crippen LogP contribution in [0.3, 0.4) is 0 Å². The summed E-state index contributed by atoms with van der Waals surface area (Å²) in [5.41, 5.74) is 1.33. The number of rotatable bonds is 3. The Morgan fingerprint density at radius 1 is 1.29 bits per heavy atom. The molecule has 4 nitrogen and oxygen atoms in total. The molecule has 4 heteroatoms. The molecule has 0 unspecified atom stereocenters. The van der Waals surface area contributed by atoms with Crippen molar-refractivity contribution < 1.29 is 9.30 Å². The van der Waals surface area contributed by atoms with Gasteiger partial charge in [-0.05, 0) is 24.5 Å². The second-order valence-corrected chi connectivity index (χ2v) is 5.79. The predicted octanol–water partition coefficient (Wildman–Crippen LogP) is 2.15. The topological polar surface area (TPSA) is 21.3 Å². The van der Waals surface area contributed by atoms with Gasteiger partial charge in [-0.25, -0.2) is 9.58 Å². The molecule has 0 saturated carbocycles. The molecular formula is C17H24N3O+. The molecule has 1 fully saturated rings. The lowest BCUT2D eigenvalue weighted by atomic mass is 9.90. The van der Waals surface area contributed by atoms with Crippen molar-refractivity contribution in [2.24, 2.45) is 7.05 Å². The van der Waals surface area contributed by atoms with Crippen LogP contribution in [-0.4, -0.2) is 24.9 Å². The van der Waals surface area contributed by atoms with Crippen LogP contribution in [0.5, 0.6) is 5.75 Å². The summed E-state index contributed by atoms with van der Waals surface area (Å²) in [6.07, 6.45) is 6.70. The van der Waals surface area contributed by atoms with Crippen molar-refractivity contribution in [3.05, 3.63) is 48.0 Å². The number of nitrogens with zero attached hydrogens (tertiary/aromatic N) is 3. The molecule has 1 aliphatic rings. The van der Waals surface area contributed by atoms with E-state index >= 15 is 0 Å². The third-order valence-corrected chi connectivity index (χ3v) is 4.56. The number of hydrogen-bond donors (Lipinski definition) is 0. The largest absolute Gasteiger partial charge is 0.496 e. The van der Waals surface area contributed by atoms with E-state index in [2.05, 4.69) is 58.8 Å². The molecule has 1 aromatic heterocycles. The van der Waals surface area contributed by atoms with Gasteiger partial charge in [-0.3, -0.25) is 0 Å². The maximum Gasteiger partial charge on any atom is 0.276 e. The van der Waals surface area contributed by atoms with E-state index in [1.165, 1.54) is 24.2 Å². The zero-order valence-electron chi connectivity index (χ0n) is 13.1. The molecule has 3 rings (SSSR count). The van der Waals surface area contributed by atoms with E-state index in [-0.39, 0.29) is 0 Å². The molecule has 0 spiro atoms. The lowest BCUT2D eigenvalue weighted by Crippen LogP contribution is -2.44. The fraction of sp³-hybridized carbons (Fsp3) is 0.471. The number of para-hydroxylation sites is 1. The number of methoxy groups -OCH3 is 1. The molecule has 1 aliphatic heterocycles. The van der Waals surface area contributed by atoms with Gasteiger partial charge in [-0.15, -0.1) is 4.68 Å². The molecule has 0 N–H and O–H groups in total. The summed E-state index contributed by atoms with van der Waals surface area (Å²) in [6.45, 7) is 4.31. The molecule has 0 bridgehead atoms. The Kier molecular flexibility index (Phi) is 3.86. The normalized spacial score (nSPS) is 18.8. The van der Waals surface area contributed by atoms with Crippen LogP contribution in [0, 0.1) is 6.92 Å². The van der Waals surface area contributed by atoms with Crippen molar-refractivity contribution >= 4 is 0 Å². The molecule has 112 valence electrons. The minimum atomic E-state index is 0.530. The van der Waals surface area contributed by atoms with Crippen LogP contribution in [0.15, 0.2) is 36.7 Å². The summed E-state index contributed by atoms with van der Waals surface area (Å²) in [4.78, 5) is 0. The second-order valence-electron chi connectivity index (χ2n) is 5.79. The number of benzene rings is 1. The highest BCUT2D eigenvalue weighted by molar-refractivity contribution is 5.37. The Bertz CT molecular complexity index is 620. The molecule has 1 saturated heterocycles. The fourth-order valence-electron chi connectivity index (χ4n) is 3.25. The van der Waals surface area contributed by atoms with Gasteiger partial charge in [0.2, 0.25) is 0 Å². The van der Waals surface area contributed by atoms with Crippen LogP contribution >= 0.6 is 0 Å². The number of aryl methyl sites for hydroxylation is 1. The zero-order valence-corrected chi connectivity index (χ0v) is 13.1. The zero-order chi connectivity index (χ0) is 14.8. The van der Waals surface area contributed by atoms with Crippen LogP contribution < -0.4 is 14.3 Å². The molecule has 2 aromatic rings. The quantitative estimate of drug-likeness (QED) is 0.806. The van der Waals surface area contributed by atoms with Crippen LogP contribution in [0.25, 0.3) is 0 Å². The second kappa shape index (κ2) is 5.80. The summed E-state index contributed by atoms with van der Waals surface area (Å²) in [5.74, 6) is 2.80. The van der Waals surface area contributed by atoms with Gasteiger partial charge < -0.3 is 4.74 Å². The highest BCUT2D eigenvalue weighted by Crippen LogP contribution is 2.32. The highest BCUT2D eigenvalue weighted by Gasteiger charge is 2.27. The van der Waals surface area contributed by atoms with Crippen LogP contribution in [0.2, 0.25) is 0 Å². The van der Waals surface area contributed by atoms with E-state index in [0.29, 0.717) is 5.92 Å². The Hall–Kier alpha value is -1.97.